The Kier molecular flexibility index (Phi) is 4.95. The highest BCUT2D eigenvalue weighted by molar-refractivity contribution is 5.82. The first-order valence-corrected chi connectivity index (χ1v) is 6.50. The molecule has 4 heteroatoms. The highest BCUT2D eigenvalue weighted by Gasteiger charge is 2.30. The Morgan fingerprint density at radius 2 is 2.00 bits per heavy atom. The Bertz CT molecular complexity index is 261. The molecule has 0 bridgehead atoms. The van der Waals surface area contributed by atoms with Crippen LogP contribution in [0.25, 0.3) is 0 Å². The predicted octanol–water partition coefficient (Wildman–Crippen LogP) is 0.885. The van der Waals surface area contributed by atoms with Crippen molar-refractivity contribution in [2.24, 2.45) is 23.0 Å². The van der Waals surface area contributed by atoms with Gasteiger partial charge in [-0.2, -0.15) is 0 Å². The number of hydrogen-bond acceptors (Lipinski definition) is 3. The number of aliphatic hydroxyl groups is 1. The van der Waals surface area contributed by atoms with E-state index in [-0.39, 0.29) is 17.9 Å². The van der Waals surface area contributed by atoms with E-state index in [4.69, 9.17) is 5.73 Å². The minimum absolute atomic E-state index is 0.0823. The molecular weight excluding hydrogens is 216 g/mol. The molecule has 0 aromatic rings. The molecule has 0 saturated heterocycles. The number of aliphatic hydroxyl groups excluding tert-OH is 1. The molecular formula is C13H26N2O2. The lowest BCUT2D eigenvalue weighted by Crippen LogP contribution is -2.49. The van der Waals surface area contributed by atoms with E-state index in [1.54, 1.807) is 0 Å². The highest BCUT2D eigenvalue weighted by Crippen LogP contribution is 2.30. The molecule has 4 nitrogen and oxygen atoms in total. The predicted molar refractivity (Wildman–Crippen MR) is 68.4 cm³/mol. The van der Waals surface area contributed by atoms with Gasteiger partial charge in [-0.3, -0.25) is 4.79 Å². The summed E-state index contributed by atoms with van der Waals surface area (Å²) < 4.78 is 0. The lowest BCUT2D eigenvalue weighted by Gasteiger charge is -2.27. The highest BCUT2D eigenvalue weighted by atomic mass is 16.3. The van der Waals surface area contributed by atoms with Gasteiger partial charge in [0.1, 0.15) is 0 Å². The van der Waals surface area contributed by atoms with Crippen LogP contribution in [0.2, 0.25) is 0 Å². The molecule has 1 aliphatic carbocycles. The number of hydrogen-bond donors (Lipinski definition) is 3. The second-order valence-corrected chi connectivity index (χ2v) is 6.22. The van der Waals surface area contributed by atoms with Crippen molar-refractivity contribution in [3.8, 4) is 0 Å². The molecule has 0 heterocycles. The van der Waals surface area contributed by atoms with E-state index in [0.717, 1.165) is 19.3 Å². The Balaban J connectivity index is 2.38. The molecule has 0 aromatic heterocycles. The SMILES string of the molecule is CC(C)(C)[C@H](N)C(=O)NCC1CCCC1CO. The van der Waals surface area contributed by atoms with Crippen LogP contribution in [-0.2, 0) is 4.79 Å². The van der Waals surface area contributed by atoms with Crippen LogP contribution in [0.1, 0.15) is 40.0 Å². The Labute approximate surface area is 104 Å². The van der Waals surface area contributed by atoms with E-state index >= 15 is 0 Å². The number of nitrogens with one attached hydrogen (secondary N) is 1. The summed E-state index contributed by atoms with van der Waals surface area (Å²) in [6, 6.07) is -0.475. The summed E-state index contributed by atoms with van der Waals surface area (Å²) in [6.07, 6.45) is 3.32. The second-order valence-electron chi connectivity index (χ2n) is 6.22. The first kappa shape index (κ1) is 14.5. The zero-order valence-electron chi connectivity index (χ0n) is 11.2. The summed E-state index contributed by atoms with van der Waals surface area (Å²) in [6.45, 7) is 6.76. The fourth-order valence-corrected chi connectivity index (χ4v) is 2.36. The molecule has 1 amide bonds. The van der Waals surface area contributed by atoms with Crippen molar-refractivity contribution >= 4 is 5.91 Å². The number of carbonyl (C=O) groups is 1. The topological polar surface area (TPSA) is 75.4 Å². The van der Waals surface area contributed by atoms with Gasteiger partial charge in [-0.25, -0.2) is 0 Å². The van der Waals surface area contributed by atoms with Crippen molar-refractivity contribution in [1.82, 2.24) is 5.32 Å². The molecule has 0 spiro atoms. The molecule has 100 valence electrons. The van der Waals surface area contributed by atoms with Crippen LogP contribution in [0, 0.1) is 17.3 Å². The van der Waals surface area contributed by atoms with Gasteiger partial charge in [0.05, 0.1) is 6.04 Å². The van der Waals surface area contributed by atoms with E-state index in [0.29, 0.717) is 18.4 Å². The average molecular weight is 242 g/mol. The molecule has 4 N–H and O–H groups in total. The molecule has 1 aliphatic rings. The third-order valence-electron chi connectivity index (χ3n) is 3.80. The lowest BCUT2D eigenvalue weighted by molar-refractivity contribution is -0.124. The summed E-state index contributed by atoms with van der Waals surface area (Å²) in [5.74, 6) is 0.679. The van der Waals surface area contributed by atoms with Gasteiger partial charge >= 0.3 is 0 Å². The number of rotatable bonds is 4. The molecule has 1 rings (SSSR count). The van der Waals surface area contributed by atoms with Gasteiger partial charge in [-0.15, -0.1) is 0 Å². The van der Waals surface area contributed by atoms with Gasteiger partial charge in [0.15, 0.2) is 0 Å². The van der Waals surface area contributed by atoms with E-state index in [1.807, 2.05) is 20.8 Å². The van der Waals surface area contributed by atoms with Crippen LogP contribution < -0.4 is 11.1 Å². The number of amides is 1. The van der Waals surface area contributed by atoms with Crippen molar-refractivity contribution in [2.75, 3.05) is 13.2 Å². The van der Waals surface area contributed by atoms with Crippen molar-refractivity contribution in [3.05, 3.63) is 0 Å². The molecule has 1 saturated carbocycles. The van der Waals surface area contributed by atoms with Gasteiger partial charge in [0.2, 0.25) is 5.91 Å². The van der Waals surface area contributed by atoms with Gasteiger partial charge < -0.3 is 16.2 Å². The van der Waals surface area contributed by atoms with Crippen molar-refractivity contribution in [3.63, 3.8) is 0 Å². The smallest absolute Gasteiger partial charge is 0.237 e. The molecule has 1 fully saturated rings. The Hall–Kier alpha value is -0.610. The third-order valence-corrected chi connectivity index (χ3v) is 3.80. The molecule has 3 atom stereocenters. The van der Waals surface area contributed by atoms with E-state index in [2.05, 4.69) is 5.32 Å². The average Bonchev–Trinajstić information content (AvgIpc) is 2.70. The third kappa shape index (κ3) is 3.96. The van der Waals surface area contributed by atoms with Crippen LogP contribution in [0.15, 0.2) is 0 Å². The lowest BCUT2D eigenvalue weighted by atomic mass is 9.86. The fourth-order valence-electron chi connectivity index (χ4n) is 2.36. The van der Waals surface area contributed by atoms with Gasteiger partial charge in [0, 0.05) is 13.2 Å². The summed E-state index contributed by atoms with van der Waals surface area (Å²) in [7, 11) is 0. The summed E-state index contributed by atoms with van der Waals surface area (Å²) >= 11 is 0. The van der Waals surface area contributed by atoms with E-state index in [1.165, 1.54) is 0 Å². The molecule has 2 unspecified atom stereocenters. The summed E-state index contributed by atoms with van der Waals surface area (Å²) in [5, 5.41) is 12.1. The molecule has 0 aliphatic heterocycles. The Morgan fingerprint density at radius 3 is 2.53 bits per heavy atom. The van der Waals surface area contributed by atoms with Crippen LogP contribution in [0.3, 0.4) is 0 Å². The molecule has 0 radical (unpaired) electrons. The minimum Gasteiger partial charge on any atom is -0.396 e. The van der Waals surface area contributed by atoms with Crippen molar-refractivity contribution in [1.29, 1.82) is 0 Å². The molecule has 0 aromatic carbocycles. The number of nitrogens with two attached hydrogens (primary N) is 1. The largest absolute Gasteiger partial charge is 0.396 e. The monoisotopic (exact) mass is 242 g/mol. The van der Waals surface area contributed by atoms with Crippen molar-refractivity contribution < 1.29 is 9.90 Å². The van der Waals surface area contributed by atoms with Crippen LogP contribution >= 0.6 is 0 Å². The fraction of sp³-hybridized carbons (Fsp3) is 0.923. The normalized spacial score (nSPS) is 26.9. The van der Waals surface area contributed by atoms with E-state index < -0.39 is 6.04 Å². The summed E-state index contributed by atoms with van der Waals surface area (Å²) in [4.78, 5) is 11.8. The zero-order valence-corrected chi connectivity index (χ0v) is 11.2. The molecule has 17 heavy (non-hydrogen) atoms. The standard InChI is InChI=1S/C13H26N2O2/c1-13(2,3)11(14)12(17)15-7-9-5-4-6-10(9)8-16/h9-11,16H,4-8,14H2,1-3H3,(H,15,17)/t9?,10?,11-/m1/s1. The maximum absolute atomic E-state index is 11.8. The van der Waals surface area contributed by atoms with Gasteiger partial charge in [-0.1, -0.05) is 27.2 Å². The van der Waals surface area contributed by atoms with Crippen molar-refractivity contribution in [2.45, 2.75) is 46.1 Å². The van der Waals surface area contributed by atoms with E-state index in [9.17, 15) is 9.90 Å². The summed E-state index contributed by atoms with van der Waals surface area (Å²) in [5.41, 5.74) is 5.67. The Morgan fingerprint density at radius 1 is 1.41 bits per heavy atom. The maximum atomic E-state index is 11.8. The minimum atomic E-state index is -0.475. The quantitative estimate of drug-likeness (QED) is 0.685. The first-order valence-electron chi connectivity index (χ1n) is 6.50. The first-order chi connectivity index (χ1) is 7.86. The zero-order chi connectivity index (χ0) is 13.1. The van der Waals surface area contributed by atoms with Crippen LogP contribution in [0.5, 0.6) is 0 Å². The van der Waals surface area contributed by atoms with Gasteiger partial charge in [0.25, 0.3) is 0 Å². The van der Waals surface area contributed by atoms with Crippen LogP contribution in [-0.4, -0.2) is 30.2 Å². The number of carbonyl (C=O) groups excluding carboxylic acids is 1. The maximum Gasteiger partial charge on any atom is 0.237 e. The van der Waals surface area contributed by atoms with Gasteiger partial charge in [-0.05, 0) is 30.1 Å². The van der Waals surface area contributed by atoms with Crippen LogP contribution in [0.4, 0.5) is 0 Å². The second kappa shape index (κ2) is 5.83.